The molecule has 1 aromatic carbocycles. The highest BCUT2D eigenvalue weighted by Crippen LogP contribution is 2.12. The Morgan fingerprint density at radius 3 is 2.32 bits per heavy atom. The van der Waals surface area contributed by atoms with Gasteiger partial charge in [0.25, 0.3) is 0 Å². The summed E-state index contributed by atoms with van der Waals surface area (Å²) in [6, 6.07) is 9.04. The molecule has 7 heteroatoms. The quantitative estimate of drug-likeness (QED) is 0.434. The van der Waals surface area contributed by atoms with E-state index in [1.807, 2.05) is 18.2 Å². The highest BCUT2D eigenvalue weighted by molar-refractivity contribution is 6.18. The number of allylic oxidation sites excluding steroid dienone is 2. The first kappa shape index (κ1) is 15.6. The van der Waals surface area contributed by atoms with E-state index in [0.717, 1.165) is 0 Å². The second-order valence-corrected chi connectivity index (χ2v) is 4.89. The number of para-hydroxylation sites is 1. The van der Waals surface area contributed by atoms with E-state index in [1.54, 1.807) is 12.1 Å². The zero-order valence-corrected chi connectivity index (χ0v) is 12.6. The highest BCUT2D eigenvalue weighted by Gasteiger charge is 2.27. The summed E-state index contributed by atoms with van der Waals surface area (Å²) in [5.74, 6) is -0.883. The monoisotopic (exact) mass is 300 g/mol. The Kier molecular flexibility index (Phi) is 4.45. The normalized spacial score (nSPS) is 12.0. The van der Waals surface area contributed by atoms with E-state index in [1.165, 1.54) is 30.2 Å². The molecule has 0 unspecified atom stereocenters. The second-order valence-electron chi connectivity index (χ2n) is 4.89. The molecular formula is C15H16N4O3. The molecule has 7 nitrogen and oxygen atoms in total. The summed E-state index contributed by atoms with van der Waals surface area (Å²) in [6.45, 7) is 3.92. The smallest absolute Gasteiger partial charge is 0.333 e. The average molecular weight is 300 g/mol. The summed E-state index contributed by atoms with van der Waals surface area (Å²) in [5.41, 5.74) is 0.598. The molecule has 1 aromatic heterocycles. The molecule has 0 N–H and O–H groups in total. The molecule has 0 saturated carbocycles. The molecule has 0 spiro atoms. The fraction of sp³-hybridized carbons (Fsp3) is 0.267. The predicted octanol–water partition coefficient (Wildman–Crippen LogP) is -0.176. The third kappa shape index (κ3) is 3.25. The molecule has 1 heterocycles. The van der Waals surface area contributed by atoms with Gasteiger partial charge in [-0.3, -0.25) is 9.59 Å². The molecule has 0 atom stereocenters. The van der Waals surface area contributed by atoms with Crippen LogP contribution in [0.15, 0.2) is 36.1 Å². The summed E-state index contributed by atoms with van der Waals surface area (Å²) < 4.78 is 1.27. The minimum atomic E-state index is -0.412. The number of ketones is 2. The zero-order valence-electron chi connectivity index (χ0n) is 12.6. The number of nitrogens with zero attached hydrogens (tertiary/aromatic N) is 4. The molecule has 114 valence electrons. The Labute approximate surface area is 127 Å². The third-order valence-corrected chi connectivity index (χ3v) is 2.91. The van der Waals surface area contributed by atoms with Gasteiger partial charge in [0.05, 0.1) is 15.9 Å². The van der Waals surface area contributed by atoms with Crippen molar-refractivity contribution in [2.75, 3.05) is 0 Å². The van der Waals surface area contributed by atoms with Crippen LogP contribution in [0.5, 0.6) is 0 Å². The van der Waals surface area contributed by atoms with Gasteiger partial charge in [-0.05, 0) is 26.0 Å². The van der Waals surface area contributed by atoms with Crippen LogP contribution in [0.1, 0.15) is 26.6 Å². The fourth-order valence-corrected chi connectivity index (χ4v) is 2.04. The molecule has 0 aliphatic heterocycles. The number of tetrazole rings is 1. The lowest BCUT2D eigenvalue weighted by Gasteiger charge is -2.08. The van der Waals surface area contributed by atoms with E-state index < -0.39 is 11.5 Å². The maximum atomic E-state index is 11.7. The first-order valence-electron chi connectivity index (χ1n) is 6.71. The number of carbonyl (C=O) groups excluding carboxylic acids is 2. The van der Waals surface area contributed by atoms with Crippen LogP contribution >= 0.6 is 0 Å². The van der Waals surface area contributed by atoms with Crippen LogP contribution in [0.25, 0.3) is 11.3 Å². The molecule has 0 aliphatic carbocycles. The largest absolute Gasteiger partial charge is 0.875 e. The molecule has 0 aliphatic rings. The van der Waals surface area contributed by atoms with Gasteiger partial charge in [-0.2, -0.15) is 0 Å². The molecule has 22 heavy (non-hydrogen) atoms. The van der Waals surface area contributed by atoms with Crippen LogP contribution < -0.4 is 9.79 Å². The van der Waals surface area contributed by atoms with Crippen molar-refractivity contribution in [2.45, 2.75) is 27.3 Å². The van der Waals surface area contributed by atoms with Crippen LogP contribution in [0, 0.1) is 0 Å². The molecule has 0 saturated heterocycles. The van der Waals surface area contributed by atoms with Gasteiger partial charge in [-0.1, -0.05) is 25.1 Å². The predicted molar refractivity (Wildman–Crippen MR) is 75.5 cm³/mol. The summed E-state index contributed by atoms with van der Waals surface area (Å²) >= 11 is 0. The van der Waals surface area contributed by atoms with Crippen molar-refractivity contribution >= 4 is 17.1 Å². The Morgan fingerprint density at radius 2 is 1.82 bits per heavy atom. The van der Waals surface area contributed by atoms with Crippen molar-refractivity contribution in [1.82, 2.24) is 15.1 Å². The number of benzene rings is 1. The van der Waals surface area contributed by atoms with Crippen molar-refractivity contribution in [3.05, 3.63) is 41.9 Å². The lowest BCUT2D eigenvalue weighted by molar-refractivity contribution is -0.745. The van der Waals surface area contributed by atoms with Crippen LogP contribution in [-0.4, -0.2) is 26.7 Å². The van der Waals surface area contributed by atoms with E-state index in [-0.39, 0.29) is 23.7 Å². The average Bonchev–Trinajstić information content (AvgIpc) is 2.82. The maximum absolute atomic E-state index is 11.7. The molecule has 0 bridgehead atoms. The van der Waals surface area contributed by atoms with Gasteiger partial charge in [-0.25, -0.2) is 0 Å². The number of aromatic nitrogens is 4. The fourth-order valence-electron chi connectivity index (χ4n) is 2.04. The number of rotatable bonds is 5. The third-order valence-electron chi connectivity index (χ3n) is 2.91. The van der Waals surface area contributed by atoms with Gasteiger partial charge in [0.2, 0.25) is 0 Å². The van der Waals surface area contributed by atoms with E-state index in [4.69, 9.17) is 0 Å². The van der Waals surface area contributed by atoms with Crippen molar-refractivity contribution in [1.29, 1.82) is 0 Å². The molecule has 2 aromatic rings. The minimum Gasteiger partial charge on any atom is -0.875 e. The van der Waals surface area contributed by atoms with Gasteiger partial charge in [-0.15, -0.1) is 10.4 Å². The zero-order chi connectivity index (χ0) is 16.3. The van der Waals surface area contributed by atoms with Crippen molar-refractivity contribution in [2.24, 2.45) is 0 Å². The highest BCUT2D eigenvalue weighted by atomic mass is 16.3. The Balaban J connectivity index is 2.62. The maximum Gasteiger partial charge on any atom is 0.333 e. The summed E-state index contributed by atoms with van der Waals surface area (Å²) in [6.07, 6.45) is 0. The molecule has 0 fully saturated rings. The van der Waals surface area contributed by atoms with Gasteiger partial charge in [0.15, 0.2) is 23.8 Å². The minimum absolute atomic E-state index is 0.0633. The Morgan fingerprint density at radius 1 is 1.18 bits per heavy atom. The molecule has 0 amide bonds. The molecular weight excluding hydrogens is 284 g/mol. The van der Waals surface area contributed by atoms with Gasteiger partial charge >= 0.3 is 5.82 Å². The molecule has 0 radical (unpaired) electrons. The lowest BCUT2D eigenvalue weighted by atomic mass is 10.1. The van der Waals surface area contributed by atoms with Gasteiger partial charge < -0.3 is 5.11 Å². The van der Waals surface area contributed by atoms with E-state index in [9.17, 15) is 14.7 Å². The van der Waals surface area contributed by atoms with Crippen molar-refractivity contribution < 1.29 is 19.4 Å². The number of hydrogen-bond donors (Lipinski definition) is 0. The van der Waals surface area contributed by atoms with Crippen LogP contribution in [0.4, 0.5) is 0 Å². The number of hydrogen-bond acceptors (Lipinski definition) is 5. The second kappa shape index (κ2) is 6.30. The van der Waals surface area contributed by atoms with Crippen LogP contribution in [0.2, 0.25) is 0 Å². The Bertz CT molecular complexity index is 743. The van der Waals surface area contributed by atoms with Crippen LogP contribution in [0.3, 0.4) is 0 Å². The molecule has 2 rings (SSSR count). The standard InChI is InChI=1S/C15H16N4O3/c1-10(20)9-18-15(14(11(2)21)12(3)22)16-19(17-18)13-7-5-4-6-8-13/h4-8H,9H2,1-3H3. The number of carbonyl (C=O) groups is 2. The SMILES string of the molecule is CC(=O)C[n+]1nn(-c2ccccc2)nc1/C(C(C)=O)=C(\C)[O-]. The lowest BCUT2D eigenvalue weighted by Crippen LogP contribution is -2.44. The van der Waals surface area contributed by atoms with Crippen LogP contribution in [-0.2, 0) is 16.1 Å². The van der Waals surface area contributed by atoms with E-state index >= 15 is 0 Å². The topological polar surface area (TPSA) is 91.8 Å². The number of Topliss-reactive ketones (excluding diaryl/α,β-unsaturated/α-hetero) is 2. The Hall–Kier alpha value is -2.83. The first-order chi connectivity index (χ1) is 10.4. The van der Waals surface area contributed by atoms with E-state index in [2.05, 4.69) is 10.3 Å². The van der Waals surface area contributed by atoms with Crippen molar-refractivity contribution in [3.63, 3.8) is 0 Å². The van der Waals surface area contributed by atoms with Gasteiger partial charge in [0, 0.05) is 4.80 Å². The summed E-state index contributed by atoms with van der Waals surface area (Å²) in [5, 5.41) is 20.1. The van der Waals surface area contributed by atoms with Gasteiger partial charge in [0.1, 0.15) is 0 Å². The first-order valence-corrected chi connectivity index (χ1v) is 6.71. The van der Waals surface area contributed by atoms with E-state index in [0.29, 0.717) is 5.69 Å². The van der Waals surface area contributed by atoms with Crippen molar-refractivity contribution in [3.8, 4) is 5.69 Å². The summed E-state index contributed by atoms with van der Waals surface area (Å²) in [7, 11) is 0. The summed E-state index contributed by atoms with van der Waals surface area (Å²) in [4.78, 5) is 24.4.